The van der Waals surface area contributed by atoms with Gasteiger partial charge in [-0.25, -0.2) is 0 Å². The Kier molecular flexibility index (Phi) is 6.39. The molecule has 0 atom stereocenters. The van der Waals surface area contributed by atoms with Gasteiger partial charge in [-0.1, -0.05) is 12.1 Å². The third-order valence-corrected chi connectivity index (χ3v) is 6.12. The molecular formula is C25H20Br2O4. The Morgan fingerprint density at radius 2 is 1.23 bits per heavy atom. The van der Waals surface area contributed by atoms with Gasteiger partial charge in [0.05, 0.1) is 35.8 Å². The maximum absolute atomic E-state index is 6.17. The summed E-state index contributed by atoms with van der Waals surface area (Å²) in [7, 11) is 4.96. The van der Waals surface area contributed by atoms with E-state index >= 15 is 0 Å². The fraction of sp³-hybridized carbons (Fsp3) is 0.120. The van der Waals surface area contributed by atoms with E-state index in [2.05, 4.69) is 31.9 Å². The van der Waals surface area contributed by atoms with Crippen LogP contribution in [-0.2, 0) is 4.74 Å². The first kappa shape index (κ1) is 21.5. The minimum absolute atomic E-state index is 0.751. The molecule has 0 bridgehead atoms. The van der Waals surface area contributed by atoms with Crippen LogP contribution in [0.25, 0.3) is 17.4 Å². The molecule has 1 heterocycles. The number of rotatable bonds is 6. The second-order valence-corrected chi connectivity index (χ2v) is 8.50. The zero-order valence-corrected chi connectivity index (χ0v) is 20.4. The van der Waals surface area contributed by atoms with E-state index in [0.29, 0.717) is 0 Å². The molecule has 1 aliphatic rings. The van der Waals surface area contributed by atoms with Crippen LogP contribution in [0.2, 0.25) is 0 Å². The first-order valence-corrected chi connectivity index (χ1v) is 11.1. The van der Waals surface area contributed by atoms with Gasteiger partial charge in [-0.15, -0.1) is 0 Å². The minimum atomic E-state index is 0.751. The molecular weight excluding hydrogens is 524 g/mol. The Morgan fingerprint density at radius 1 is 0.710 bits per heavy atom. The Labute approximate surface area is 198 Å². The lowest BCUT2D eigenvalue weighted by Gasteiger charge is -2.28. The van der Waals surface area contributed by atoms with Crippen LogP contribution in [0.5, 0.6) is 17.2 Å². The van der Waals surface area contributed by atoms with Crippen LogP contribution in [0.1, 0.15) is 16.7 Å². The zero-order chi connectivity index (χ0) is 22.0. The topological polar surface area (TPSA) is 36.9 Å². The van der Waals surface area contributed by atoms with Crippen molar-refractivity contribution in [3.05, 3.63) is 92.1 Å². The second kappa shape index (κ2) is 9.20. The maximum Gasteiger partial charge on any atom is 0.147 e. The van der Waals surface area contributed by atoms with Crippen LogP contribution < -0.4 is 14.2 Å². The maximum atomic E-state index is 6.17. The second-order valence-electron chi connectivity index (χ2n) is 6.79. The monoisotopic (exact) mass is 542 g/mol. The van der Waals surface area contributed by atoms with Gasteiger partial charge in [-0.2, -0.15) is 0 Å². The molecule has 158 valence electrons. The lowest BCUT2D eigenvalue weighted by molar-refractivity contribution is 0.377. The number of halogens is 2. The van der Waals surface area contributed by atoms with E-state index in [0.717, 1.165) is 60.0 Å². The summed E-state index contributed by atoms with van der Waals surface area (Å²) in [5, 5.41) is 0. The highest BCUT2D eigenvalue weighted by atomic mass is 79.9. The predicted molar refractivity (Wildman–Crippen MR) is 130 cm³/mol. The summed E-state index contributed by atoms with van der Waals surface area (Å²) in [6, 6.07) is 19.8. The highest BCUT2D eigenvalue weighted by molar-refractivity contribution is 9.11. The fourth-order valence-corrected chi connectivity index (χ4v) is 4.91. The molecule has 3 aromatic carbocycles. The average Bonchev–Trinajstić information content (AvgIpc) is 2.77. The van der Waals surface area contributed by atoms with Gasteiger partial charge in [0.1, 0.15) is 28.8 Å². The molecule has 6 heteroatoms. The van der Waals surface area contributed by atoms with Crippen LogP contribution in [0.3, 0.4) is 0 Å². The molecule has 0 N–H and O–H groups in total. The Bertz CT molecular complexity index is 1140. The molecule has 3 aromatic rings. The molecule has 4 nitrogen and oxygen atoms in total. The Hall–Kier alpha value is -2.70. The van der Waals surface area contributed by atoms with Gasteiger partial charge in [0.2, 0.25) is 0 Å². The van der Waals surface area contributed by atoms with Crippen LogP contribution in [0, 0.1) is 0 Å². The minimum Gasteiger partial charge on any atom is -0.497 e. The smallest absolute Gasteiger partial charge is 0.147 e. The SMILES string of the molecule is COc1ccc(C2=C(c3ccc(OC)cc3)/C(=C/c3cc(Br)c(OC)c(Br)c3)O2)cc1. The average molecular weight is 544 g/mol. The summed E-state index contributed by atoms with van der Waals surface area (Å²) in [5.74, 6) is 3.98. The van der Waals surface area contributed by atoms with Gasteiger partial charge < -0.3 is 18.9 Å². The van der Waals surface area contributed by atoms with Crippen LogP contribution in [0.4, 0.5) is 0 Å². The molecule has 31 heavy (non-hydrogen) atoms. The van der Waals surface area contributed by atoms with E-state index in [1.807, 2.05) is 66.7 Å². The molecule has 0 fully saturated rings. The van der Waals surface area contributed by atoms with Crippen molar-refractivity contribution in [3.63, 3.8) is 0 Å². The largest absolute Gasteiger partial charge is 0.497 e. The molecule has 0 radical (unpaired) electrons. The van der Waals surface area contributed by atoms with Crippen molar-refractivity contribution in [1.82, 2.24) is 0 Å². The van der Waals surface area contributed by atoms with Crippen LogP contribution in [0.15, 0.2) is 75.4 Å². The van der Waals surface area contributed by atoms with Crippen molar-refractivity contribution < 1.29 is 18.9 Å². The van der Waals surface area contributed by atoms with Gasteiger partial charge in [0.25, 0.3) is 0 Å². The van der Waals surface area contributed by atoms with Gasteiger partial charge in [0, 0.05) is 5.56 Å². The Morgan fingerprint density at radius 3 is 1.71 bits per heavy atom. The van der Waals surface area contributed by atoms with Gasteiger partial charge in [-0.05, 0) is 97.6 Å². The van der Waals surface area contributed by atoms with Gasteiger partial charge in [0.15, 0.2) is 0 Å². The molecule has 0 spiro atoms. The summed E-state index contributed by atoms with van der Waals surface area (Å²) in [4.78, 5) is 0. The normalized spacial score (nSPS) is 14.2. The number of ether oxygens (including phenoxy) is 4. The third-order valence-electron chi connectivity index (χ3n) is 4.94. The lowest BCUT2D eigenvalue weighted by atomic mass is 9.94. The van der Waals surface area contributed by atoms with E-state index in [1.165, 1.54) is 0 Å². The number of benzene rings is 3. The standard InChI is InChI=1S/C25H20Br2O4/c1-28-18-8-4-16(5-9-18)23-22(14-15-12-20(26)25(30-3)21(27)13-15)31-24(23)17-6-10-19(29-2)11-7-17/h4-14H,1-3H3/b22-14-. The molecule has 0 aromatic heterocycles. The fourth-order valence-electron chi connectivity index (χ4n) is 3.37. The zero-order valence-electron chi connectivity index (χ0n) is 17.2. The lowest BCUT2D eigenvalue weighted by Crippen LogP contribution is -2.10. The predicted octanol–water partition coefficient (Wildman–Crippen LogP) is 7.18. The van der Waals surface area contributed by atoms with Gasteiger partial charge in [-0.3, -0.25) is 0 Å². The first-order valence-electron chi connectivity index (χ1n) is 9.50. The summed E-state index contributed by atoms with van der Waals surface area (Å²) >= 11 is 7.13. The quantitative estimate of drug-likeness (QED) is 0.330. The third kappa shape index (κ3) is 4.36. The van der Waals surface area contributed by atoms with Crippen molar-refractivity contribution in [1.29, 1.82) is 0 Å². The van der Waals surface area contributed by atoms with Crippen LogP contribution in [-0.4, -0.2) is 21.3 Å². The molecule has 0 amide bonds. The van der Waals surface area contributed by atoms with E-state index in [9.17, 15) is 0 Å². The van der Waals surface area contributed by atoms with E-state index in [-0.39, 0.29) is 0 Å². The Balaban J connectivity index is 1.79. The highest BCUT2D eigenvalue weighted by Crippen LogP contribution is 2.46. The first-order chi connectivity index (χ1) is 15.0. The molecule has 0 saturated heterocycles. The molecule has 1 aliphatic heterocycles. The highest BCUT2D eigenvalue weighted by Gasteiger charge is 2.29. The van der Waals surface area contributed by atoms with E-state index in [1.54, 1.807) is 21.3 Å². The van der Waals surface area contributed by atoms with E-state index < -0.39 is 0 Å². The van der Waals surface area contributed by atoms with Crippen molar-refractivity contribution >= 4 is 49.3 Å². The van der Waals surface area contributed by atoms with Crippen molar-refractivity contribution in [2.24, 2.45) is 0 Å². The summed E-state index contributed by atoms with van der Waals surface area (Å²) < 4.78 is 23.9. The van der Waals surface area contributed by atoms with Crippen LogP contribution >= 0.6 is 31.9 Å². The van der Waals surface area contributed by atoms with Gasteiger partial charge >= 0.3 is 0 Å². The number of hydrogen-bond donors (Lipinski definition) is 0. The van der Waals surface area contributed by atoms with Crippen molar-refractivity contribution in [2.45, 2.75) is 0 Å². The number of hydrogen-bond acceptors (Lipinski definition) is 4. The number of allylic oxidation sites excluding steroid dienone is 1. The molecule has 0 unspecified atom stereocenters. The van der Waals surface area contributed by atoms with Crippen molar-refractivity contribution in [2.75, 3.05) is 21.3 Å². The molecule has 0 saturated carbocycles. The van der Waals surface area contributed by atoms with Crippen molar-refractivity contribution in [3.8, 4) is 17.2 Å². The summed E-state index contributed by atoms with van der Waals surface area (Å²) in [5.41, 5.74) is 4.06. The van der Waals surface area contributed by atoms with E-state index in [4.69, 9.17) is 18.9 Å². The number of methoxy groups -OCH3 is 3. The molecule has 4 rings (SSSR count). The summed E-state index contributed by atoms with van der Waals surface area (Å²) in [6.45, 7) is 0. The molecule has 0 aliphatic carbocycles. The summed E-state index contributed by atoms with van der Waals surface area (Å²) in [6.07, 6.45) is 2.02.